The summed E-state index contributed by atoms with van der Waals surface area (Å²) >= 11 is 6.06. The van der Waals surface area contributed by atoms with Crippen LogP contribution in [0.1, 0.15) is 22.3 Å². The Hall–Kier alpha value is -2.72. The Morgan fingerprint density at radius 3 is 2.88 bits per heavy atom. The Morgan fingerprint density at radius 2 is 2.12 bits per heavy atom. The molecular formula is C21H19ClN2O2. The van der Waals surface area contributed by atoms with Crippen LogP contribution >= 0.6 is 11.6 Å². The monoisotopic (exact) mass is 366 g/mol. The van der Waals surface area contributed by atoms with Crippen molar-refractivity contribution in [2.75, 3.05) is 20.2 Å². The van der Waals surface area contributed by atoms with E-state index in [1.807, 2.05) is 47.5 Å². The van der Waals surface area contributed by atoms with Gasteiger partial charge in [0.2, 0.25) is 0 Å². The zero-order valence-corrected chi connectivity index (χ0v) is 15.2. The Kier molecular flexibility index (Phi) is 4.43. The molecule has 0 saturated carbocycles. The molecule has 0 unspecified atom stereocenters. The number of aromatic nitrogens is 1. The summed E-state index contributed by atoms with van der Waals surface area (Å²) < 4.78 is 5.21. The molecule has 1 aliphatic rings. The predicted molar refractivity (Wildman–Crippen MR) is 105 cm³/mol. The van der Waals surface area contributed by atoms with Gasteiger partial charge in [0, 0.05) is 46.3 Å². The van der Waals surface area contributed by atoms with Gasteiger partial charge in [-0.3, -0.25) is 4.79 Å². The number of hydrogen-bond acceptors (Lipinski definition) is 2. The highest BCUT2D eigenvalue weighted by Gasteiger charge is 2.20. The molecule has 0 radical (unpaired) electrons. The van der Waals surface area contributed by atoms with Crippen molar-refractivity contribution >= 4 is 34.0 Å². The first kappa shape index (κ1) is 16.7. The predicted octanol–water partition coefficient (Wildman–Crippen LogP) is 4.76. The van der Waals surface area contributed by atoms with Gasteiger partial charge >= 0.3 is 0 Å². The van der Waals surface area contributed by atoms with Crippen molar-refractivity contribution in [1.82, 2.24) is 9.88 Å². The van der Waals surface area contributed by atoms with E-state index in [0.29, 0.717) is 24.4 Å². The first-order valence-corrected chi connectivity index (χ1v) is 8.93. The lowest BCUT2D eigenvalue weighted by molar-refractivity contribution is 0.0772. The van der Waals surface area contributed by atoms with Crippen LogP contribution in [-0.4, -0.2) is 36.0 Å². The van der Waals surface area contributed by atoms with Crippen LogP contribution in [-0.2, 0) is 0 Å². The molecule has 2 aromatic carbocycles. The number of aromatic amines is 1. The molecule has 1 aliphatic heterocycles. The molecule has 0 aliphatic carbocycles. The molecule has 0 saturated heterocycles. The van der Waals surface area contributed by atoms with E-state index in [2.05, 4.69) is 11.1 Å². The molecule has 5 heteroatoms. The average molecular weight is 367 g/mol. The number of carbonyl (C=O) groups is 1. The number of H-pyrrole nitrogens is 1. The fourth-order valence-corrected chi connectivity index (χ4v) is 3.57. The summed E-state index contributed by atoms with van der Waals surface area (Å²) in [7, 11) is 1.61. The quantitative estimate of drug-likeness (QED) is 0.726. The maximum Gasteiger partial charge on any atom is 0.254 e. The van der Waals surface area contributed by atoms with Crippen molar-refractivity contribution in [3.05, 3.63) is 70.9 Å². The van der Waals surface area contributed by atoms with Gasteiger partial charge < -0.3 is 14.6 Å². The Bertz CT molecular complexity index is 1010. The lowest BCUT2D eigenvalue weighted by Crippen LogP contribution is -2.34. The van der Waals surface area contributed by atoms with Crippen LogP contribution in [0.15, 0.2) is 54.7 Å². The molecule has 1 amide bonds. The summed E-state index contributed by atoms with van der Waals surface area (Å²) in [6.07, 6.45) is 4.98. The second-order valence-corrected chi connectivity index (χ2v) is 6.79. The van der Waals surface area contributed by atoms with E-state index in [-0.39, 0.29) is 5.91 Å². The van der Waals surface area contributed by atoms with Crippen LogP contribution in [0.25, 0.3) is 16.5 Å². The van der Waals surface area contributed by atoms with Crippen LogP contribution in [0.3, 0.4) is 0 Å². The van der Waals surface area contributed by atoms with E-state index < -0.39 is 0 Å². The van der Waals surface area contributed by atoms with Gasteiger partial charge in [-0.05, 0) is 42.3 Å². The number of fused-ring (bicyclic) bond motifs is 1. The summed E-state index contributed by atoms with van der Waals surface area (Å²) in [5.74, 6) is 0.728. The topological polar surface area (TPSA) is 45.3 Å². The number of rotatable bonds is 3. The number of carbonyl (C=O) groups excluding carboxylic acids is 1. The molecule has 1 N–H and O–H groups in total. The van der Waals surface area contributed by atoms with Gasteiger partial charge in [0.05, 0.1) is 7.11 Å². The zero-order valence-electron chi connectivity index (χ0n) is 14.5. The van der Waals surface area contributed by atoms with Crippen molar-refractivity contribution in [1.29, 1.82) is 0 Å². The summed E-state index contributed by atoms with van der Waals surface area (Å²) in [6, 6.07) is 13.2. The molecule has 1 aromatic heterocycles. The number of benzene rings is 2. The van der Waals surface area contributed by atoms with E-state index >= 15 is 0 Å². The molecule has 4 rings (SSSR count). The van der Waals surface area contributed by atoms with E-state index in [9.17, 15) is 4.79 Å². The van der Waals surface area contributed by atoms with Gasteiger partial charge in [0.15, 0.2) is 0 Å². The summed E-state index contributed by atoms with van der Waals surface area (Å²) in [6.45, 7) is 1.30. The number of amides is 1. The number of methoxy groups -OCH3 is 1. The highest BCUT2D eigenvalue weighted by molar-refractivity contribution is 6.31. The van der Waals surface area contributed by atoms with Crippen LogP contribution in [0.2, 0.25) is 5.02 Å². The van der Waals surface area contributed by atoms with Gasteiger partial charge in [0.1, 0.15) is 5.75 Å². The maximum absolute atomic E-state index is 12.7. The molecule has 2 heterocycles. The first-order chi connectivity index (χ1) is 12.7. The van der Waals surface area contributed by atoms with Crippen molar-refractivity contribution < 1.29 is 9.53 Å². The summed E-state index contributed by atoms with van der Waals surface area (Å²) in [5, 5.41) is 1.88. The van der Waals surface area contributed by atoms with Gasteiger partial charge in [-0.25, -0.2) is 0 Å². The van der Waals surface area contributed by atoms with Gasteiger partial charge in [0.25, 0.3) is 5.91 Å². The van der Waals surface area contributed by atoms with Crippen LogP contribution in [0.4, 0.5) is 0 Å². The molecule has 4 nitrogen and oxygen atoms in total. The zero-order chi connectivity index (χ0) is 18.1. The molecule has 132 valence electrons. The van der Waals surface area contributed by atoms with Crippen molar-refractivity contribution in [3.63, 3.8) is 0 Å². The fraction of sp³-hybridized carbons (Fsp3) is 0.190. The number of nitrogens with zero attached hydrogens (tertiary/aromatic N) is 1. The van der Waals surface area contributed by atoms with Crippen molar-refractivity contribution in [2.45, 2.75) is 6.42 Å². The lowest BCUT2D eigenvalue weighted by Gasteiger charge is -2.26. The Balaban J connectivity index is 1.55. The van der Waals surface area contributed by atoms with Crippen molar-refractivity contribution in [3.8, 4) is 5.75 Å². The minimum absolute atomic E-state index is 0.0323. The molecule has 0 fully saturated rings. The Morgan fingerprint density at radius 1 is 1.23 bits per heavy atom. The SMILES string of the molecule is COc1cccc(C(=O)N2CC=C(c3c[nH]c4cc(Cl)ccc34)CC2)c1. The number of hydrogen-bond donors (Lipinski definition) is 1. The largest absolute Gasteiger partial charge is 0.497 e. The minimum Gasteiger partial charge on any atom is -0.497 e. The van der Waals surface area contributed by atoms with Crippen molar-refractivity contribution in [2.24, 2.45) is 0 Å². The van der Waals surface area contributed by atoms with Gasteiger partial charge in [-0.2, -0.15) is 0 Å². The Labute approximate surface area is 157 Å². The standard InChI is InChI=1S/C21H19ClN2O2/c1-26-17-4-2-3-15(11-17)21(25)24-9-7-14(8-10-24)19-13-23-20-12-16(22)5-6-18(19)20/h2-7,11-13,23H,8-10H2,1H3. The van der Waals surface area contributed by atoms with E-state index in [0.717, 1.165) is 22.3 Å². The first-order valence-electron chi connectivity index (χ1n) is 8.55. The lowest BCUT2D eigenvalue weighted by atomic mass is 9.98. The average Bonchev–Trinajstić information content (AvgIpc) is 3.10. The normalized spacial score (nSPS) is 14.4. The number of nitrogens with one attached hydrogen (secondary N) is 1. The third-order valence-corrected chi connectivity index (χ3v) is 5.04. The second-order valence-electron chi connectivity index (χ2n) is 6.35. The van der Waals surface area contributed by atoms with Crippen LogP contribution < -0.4 is 4.74 Å². The maximum atomic E-state index is 12.7. The minimum atomic E-state index is 0.0323. The van der Waals surface area contributed by atoms with Gasteiger partial charge in [-0.15, -0.1) is 0 Å². The number of ether oxygens (including phenoxy) is 1. The van der Waals surface area contributed by atoms with E-state index in [4.69, 9.17) is 16.3 Å². The molecule has 3 aromatic rings. The van der Waals surface area contributed by atoms with Crippen LogP contribution in [0, 0.1) is 0 Å². The molecular weight excluding hydrogens is 348 g/mol. The van der Waals surface area contributed by atoms with Gasteiger partial charge in [-0.1, -0.05) is 29.8 Å². The van der Waals surface area contributed by atoms with Crippen LogP contribution in [0.5, 0.6) is 5.75 Å². The molecule has 0 atom stereocenters. The van der Waals surface area contributed by atoms with E-state index in [1.165, 1.54) is 11.1 Å². The highest BCUT2D eigenvalue weighted by atomic mass is 35.5. The third-order valence-electron chi connectivity index (χ3n) is 4.80. The third kappa shape index (κ3) is 3.08. The molecule has 26 heavy (non-hydrogen) atoms. The number of halogens is 1. The smallest absolute Gasteiger partial charge is 0.254 e. The molecule has 0 bridgehead atoms. The molecule has 0 spiro atoms. The summed E-state index contributed by atoms with van der Waals surface area (Å²) in [5.41, 5.74) is 4.13. The van der Waals surface area contributed by atoms with E-state index in [1.54, 1.807) is 13.2 Å². The summed E-state index contributed by atoms with van der Waals surface area (Å²) in [4.78, 5) is 17.9. The fourth-order valence-electron chi connectivity index (χ4n) is 3.40. The highest BCUT2D eigenvalue weighted by Crippen LogP contribution is 2.31. The second kappa shape index (κ2) is 6.89.